The van der Waals surface area contributed by atoms with Crippen molar-refractivity contribution in [2.24, 2.45) is 5.73 Å². The summed E-state index contributed by atoms with van der Waals surface area (Å²) in [6.45, 7) is 0.409. The Hall–Kier alpha value is -2.20. The van der Waals surface area contributed by atoms with E-state index in [0.29, 0.717) is 12.1 Å². The lowest BCUT2D eigenvalue weighted by molar-refractivity contribution is 0.0932. The second-order valence-corrected chi connectivity index (χ2v) is 5.67. The van der Waals surface area contributed by atoms with Crippen LogP contribution < -0.4 is 11.1 Å². The van der Waals surface area contributed by atoms with Crippen LogP contribution >= 0.6 is 0 Å². The van der Waals surface area contributed by atoms with Crippen LogP contribution in [0.25, 0.3) is 0 Å². The Kier molecular flexibility index (Phi) is 4.20. The third kappa shape index (κ3) is 3.02. The molecule has 0 aliphatic heterocycles. The first-order valence-corrected chi connectivity index (χ1v) is 7.55. The number of rotatable bonds is 3. The van der Waals surface area contributed by atoms with Gasteiger partial charge >= 0.3 is 0 Å². The van der Waals surface area contributed by atoms with Crippen LogP contribution in [0.5, 0.6) is 0 Å². The SMILES string of the molecule is NCc1cccc(C(=O)N[C@H]2CCCc3cc(F)ccc32)c1. The number of benzene rings is 2. The third-order valence-corrected chi connectivity index (χ3v) is 4.15. The summed E-state index contributed by atoms with van der Waals surface area (Å²) in [5.41, 5.74) is 9.17. The van der Waals surface area contributed by atoms with Crippen LogP contribution in [0.3, 0.4) is 0 Å². The summed E-state index contributed by atoms with van der Waals surface area (Å²) in [6, 6.07) is 12.1. The molecule has 0 saturated carbocycles. The molecule has 0 aromatic heterocycles. The molecular formula is C18H19FN2O. The Bertz CT molecular complexity index is 699. The van der Waals surface area contributed by atoms with E-state index in [2.05, 4.69) is 5.32 Å². The number of aryl methyl sites for hydroxylation is 1. The zero-order chi connectivity index (χ0) is 15.5. The predicted octanol–water partition coefficient (Wildman–Crippen LogP) is 3.09. The number of hydrogen-bond donors (Lipinski definition) is 2. The number of carbonyl (C=O) groups excluding carboxylic acids is 1. The van der Waals surface area contributed by atoms with E-state index in [-0.39, 0.29) is 17.8 Å². The number of carbonyl (C=O) groups is 1. The van der Waals surface area contributed by atoms with Crippen molar-refractivity contribution in [2.75, 3.05) is 0 Å². The van der Waals surface area contributed by atoms with Gasteiger partial charge in [-0.15, -0.1) is 0 Å². The Morgan fingerprint density at radius 2 is 2.14 bits per heavy atom. The lowest BCUT2D eigenvalue weighted by Gasteiger charge is -2.26. The van der Waals surface area contributed by atoms with E-state index >= 15 is 0 Å². The van der Waals surface area contributed by atoms with Gasteiger partial charge in [0.05, 0.1) is 6.04 Å². The smallest absolute Gasteiger partial charge is 0.251 e. The average Bonchev–Trinajstić information content (AvgIpc) is 2.54. The number of amides is 1. The summed E-state index contributed by atoms with van der Waals surface area (Å²) in [4.78, 5) is 12.4. The van der Waals surface area contributed by atoms with Crippen molar-refractivity contribution < 1.29 is 9.18 Å². The van der Waals surface area contributed by atoms with Crippen molar-refractivity contribution in [1.29, 1.82) is 0 Å². The Balaban J connectivity index is 1.80. The van der Waals surface area contributed by atoms with Crippen molar-refractivity contribution in [2.45, 2.75) is 31.8 Å². The normalized spacial score (nSPS) is 16.9. The zero-order valence-corrected chi connectivity index (χ0v) is 12.3. The highest BCUT2D eigenvalue weighted by Crippen LogP contribution is 2.30. The fourth-order valence-corrected chi connectivity index (χ4v) is 3.01. The molecular weight excluding hydrogens is 279 g/mol. The fourth-order valence-electron chi connectivity index (χ4n) is 3.01. The van der Waals surface area contributed by atoms with Gasteiger partial charge in [0.1, 0.15) is 5.82 Å². The maximum atomic E-state index is 13.3. The van der Waals surface area contributed by atoms with Gasteiger partial charge in [0, 0.05) is 12.1 Å². The Labute approximate surface area is 129 Å². The fraction of sp³-hybridized carbons (Fsp3) is 0.278. The van der Waals surface area contributed by atoms with Crippen molar-refractivity contribution in [3.8, 4) is 0 Å². The van der Waals surface area contributed by atoms with E-state index in [1.165, 1.54) is 6.07 Å². The first-order chi connectivity index (χ1) is 10.7. The molecule has 0 fully saturated rings. The molecule has 0 unspecified atom stereocenters. The van der Waals surface area contributed by atoms with Crippen LogP contribution in [-0.4, -0.2) is 5.91 Å². The predicted molar refractivity (Wildman–Crippen MR) is 83.9 cm³/mol. The number of hydrogen-bond acceptors (Lipinski definition) is 2. The van der Waals surface area contributed by atoms with E-state index in [9.17, 15) is 9.18 Å². The molecule has 0 radical (unpaired) electrons. The average molecular weight is 298 g/mol. The standard InChI is InChI=1S/C18H19FN2O/c19-15-7-8-16-13(10-15)4-2-6-17(16)21-18(22)14-5-1-3-12(9-14)11-20/h1,3,5,7-10,17H,2,4,6,11,20H2,(H,21,22)/t17-/m0/s1. The van der Waals surface area contributed by atoms with Gasteiger partial charge in [-0.25, -0.2) is 4.39 Å². The Morgan fingerprint density at radius 1 is 1.27 bits per heavy atom. The number of nitrogens with one attached hydrogen (secondary N) is 1. The van der Waals surface area contributed by atoms with E-state index in [4.69, 9.17) is 5.73 Å². The number of nitrogens with two attached hydrogens (primary N) is 1. The molecule has 114 valence electrons. The van der Waals surface area contributed by atoms with E-state index in [1.807, 2.05) is 18.2 Å². The molecule has 1 aliphatic carbocycles. The molecule has 0 heterocycles. The van der Waals surface area contributed by atoms with Crippen LogP contribution in [0.15, 0.2) is 42.5 Å². The van der Waals surface area contributed by atoms with E-state index in [1.54, 1.807) is 18.2 Å². The highest BCUT2D eigenvalue weighted by molar-refractivity contribution is 5.94. The first kappa shape index (κ1) is 14.7. The summed E-state index contributed by atoms with van der Waals surface area (Å²) >= 11 is 0. The highest BCUT2D eigenvalue weighted by Gasteiger charge is 2.22. The second kappa shape index (κ2) is 6.28. The zero-order valence-electron chi connectivity index (χ0n) is 12.3. The molecule has 2 aromatic carbocycles. The molecule has 22 heavy (non-hydrogen) atoms. The van der Waals surface area contributed by atoms with Crippen LogP contribution in [0.2, 0.25) is 0 Å². The van der Waals surface area contributed by atoms with Crippen molar-refractivity contribution in [3.63, 3.8) is 0 Å². The Morgan fingerprint density at radius 3 is 2.95 bits per heavy atom. The summed E-state index contributed by atoms with van der Waals surface area (Å²) in [5, 5.41) is 3.06. The molecule has 1 amide bonds. The van der Waals surface area contributed by atoms with Gasteiger partial charge in [-0.3, -0.25) is 4.79 Å². The van der Waals surface area contributed by atoms with Gasteiger partial charge in [0.15, 0.2) is 0 Å². The molecule has 0 spiro atoms. The van der Waals surface area contributed by atoms with Gasteiger partial charge in [0.25, 0.3) is 5.91 Å². The molecule has 3 N–H and O–H groups in total. The minimum absolute atomic E-state index is 0.0571. The summed E-state index contributed by atoms with van der Waals surface area (Å²) in [7, 11) is 0. The summed E-state index contributed by atoms with van der Waals surface area (Å²) < 4.78 is 13.3. The lowest BCUT2D eigenvalue weighted by Crippen LogP contribution is -2.31. The molecule has 1 aliphatic rings. The van der Waals surface area contributed by atoms with Gasteiger partial charge in [0.2, 0.25) is 0 Å². The summed E-state index contributed by atoms with van der Waals surface area (Å²) in [5.74, 6) is -0.334. The molecule has 4 heteroatoms. The minimum Gasteiger partial charge on any atom is -0.345 e. The van der Waals surface area contributed by atoms with Crippen molar-refractivity contribution in [1.82, 2.24) is 5.32 Å². The summed E-state index contributed by atoms with van der Waals surface area (Å²) in [6.07, 6.45) is 2.69. The number of halogens is 1. The van der Waals surface area contributed by atoms with Crippen LogP contribution in [0.4, 0.5) is 4.39 Å². The van der Waals surface area contributed by atoms with E-state index in [0.717, 1.165) is 36.0 Å². The lowest BCUT2D eigenvalue weighted by atomic mass is 9.87. The van der Waals surface area contributed by atoms with E-state index < -0.39 is 0 Å². The highest BCUT2D eigenvalue weighted by atomic mass is 19.1. The van der Waals surface area contributed by atoms with Crippen LogP contribution in [0.1, 0.15) is 45.9 Å². The number of fused-ring (bicyclic) bond motifs is 1. The van der Waals surface area contributed by atoms with Crippen molar-refractivity contribution >= 4 is 5.91 Å². The quantitative estimate of drug-likeness (QED) is 0.915. The third-order valence-electron chi connectivity index (χ3n) is 4.15. The molecule has 3 rings (SSSR count). The van der Waals surface area contributed by atoms with Crippen LogP contribution in [-0.2, 0) is 13.0 Å². The van der Waals surface area contributed by atoms with Gasteiger partial charge in [-0.1, -0.05) is 18.2 Å². The topological polar surface area (TPSA) is 55.1 Å². The van der Waals surface area contributed by atoms with Crippen molar-refractivity contribution in [3.05, 3.63) is 70.5 Å². The monoisotopic (exact) mass is 298 g/mol. The minimum atomic E-state index is -0.221. The molecule has 1 atom stereocenters. The second-order valence-electron chi connectivity index (χ2n) is 5.67. The van der Waals surface area contributed by atoms with Gasteiger partial charge in [-0.05, 0) is 60.2 Å². The van der Waals surface area contributed by atoms with Gasteiger partial charge in [-0.2, -0.15) is 0 Å². The van der Waals surface area contributed by atoms with Gasteiger partial charge < -0.3 is 11.1 Å². The molecule has 3 nitrogen and oxygen atoms in total. The maximum Gasteiger partial charge on any atom is 0.251 e. The molecule has 2 aromatic rings. The van der Waals surface area contributed by atoms with Crippen LogP contribution in [0, 0.1) is 5.82 Å². The maximum absolute atomic E-state index is 13.3. The molecule has 0 saturated heterocycles. The largest absolute Gasteiger partial charge is 0.345 e. The molecule has 0 bridgehead atoms. The first-order valence-electron chi connectivity index (χ1n) is 7.55.